The van der Waals surface area contributed by atoms with Crippen LogP contribution in [-0.2, 0) is 8.53 Å². The molecule has 7 nitrogen and oxygen atoms in total. The van der Waals surface area contributed by atoms with Gasteiger partial charge in [0.1, 0.15) is 10.4 Å². The molecule has 0 amide bonds. The van der Waals surface area contributed by atoms with Crippen LogP contribution in [0.2, 0.25) is 0 Å². The highest BCUT2D eigenvalue weighted by Crippen LogP contribution is 2.41. The summed E-state index contributed by atoms with van der Waals surface area (Å²) >= 11 is 20.7. The Labute approximate surface area is 241 Å². The van der Waals surface area contributed by atoms with Gasteiger partial charge in [0.25, 0.3) is 9.68 Å². The Morgan fingerprint density at radius 3 is 2.47 bits per heavy atom. The highest BCUT2D eigenvalue weighted by Gasteiger charge is 2.31. The van der Waals surface area contributed by atoms with E-state index in [9.17, 15) is 4.79 Å². The highest BCUT2D eigenvalue weighted by molar-refractivity contribution is 7.99. The van der Waals surface area contributed by atoms with Crippen molar-refractivity contribution in [3.63, 3.8) is 0 Å². The molecule has 12 heteroatoms. The summed E-state index contributed by atoms with van der Waals surface area (Å²) in [7, 11) is 1.39. The number of imidazole rings is 1. The third-order valence-corrected chi connectivity index (χ3v) is 8.54. The minimum absolute atomic E-state index is 0.00275. The number of fused-ring (bicyclic) bond motifs is 1. The second-order valence-corrected chi connectivity index (χ2v) is 12.9. The number of ether oxygens (including phenoxy) is 1. The van der Waals surface area contributed by atoms with Gasteiger partial charge in [-0.05, 0) is 22.4 Å². The molecule has 2 aromatic carbocycles. The van der Waals surface area contributed by atoms with E-state index in [2.05, 4.69) is 41.1 Å². The number of esters is 1. The van der Waals surface area contributed by atoms with Crippen molar-refractivity contribution in [1.29, 1.82) is 0 Å². The summed E-state index contributed by atoms with van der Waals surface area (Å²) in [6.45, 7) is 4.16. The maximum Gasteiger partial charge on any atom is 0.350 e. The molecule has 0 fully saturated rings. The van der Waals surface area contributed by atoms with Crippen LogP contribution < -0.4 is 0 Å². The highest BCUT2D eigenvalue weighted by atomic mass is 35.6. The first kappa shape index (κ1) is 27.0. The zero-order valence-corrected chi connectivity index (χ0v) is 24.3. The van der Waals surface area contributed by atoms with Gasteiger partial charge in [-0.15, -0.1) is 11.3 Å². The average molecular weight is 608 g/mol. The van der Waals surface area contributed by atoms with E-state index in [1.54, 1.807) is 11.8 Å². The lowest BCUT2D eigenvalue weighted by molar-refractivity contribution is 0.0608. The number of rotatable bonds is 7. The number of aromatic amines is 1. The van der Waals surface area contributed by atoms with Gasteiger partial charge in [-0.2, -0.15) is 4.98 Å². The quantitative estimate of drug-likeness (QED) is 0.113. The normalized spacial score (nSPS) is 12.7. The Balaban J connectivity index is 1.49. The van der Waals surface area contributed by atoms with Crippen LogP contribution in [0, 0.1) is 0 Å². The van der Waals surface area contributed by atoms with Crippen molar-refractivity contribution in [3.8, 4) is 22.5 Å². The average Bonchev–Trinajstić information content (AvgIpc) is 3.64. The molecule has 0 spiro atoms. The number of methoxy groups -OCH3 is 1. The van der Waals surface area contributed by atoms with Gasteiger partial charge in [-0.1, -0.05) is 114 Å². The van der Waals surface area contributed by atoms with E-state index >= 15 is 0 Å². The summed E-state index contributed by atoms with van der Waals surface area (Å²) in [5.41, 5.74) is 5.22. The van der Waals surface area contributed by atoms with Crippen molar-refractivity contribution in [1.82, 2.24) is 20.1 Å². The molecule has 0 saturated carbocycles. The van der Waals surface area contributed by atoms with E-state index in [-0.39, 0.29) is 17.8 Å². The third kappa shape index (κ3) is 5.18. The molecule has 0 bridgehead atoms. The van der Waals surface area contributed by atoms with Crippen LogP contribution in [0.25, 0.3) is 33.5 Å². The van der Waals surface area contributed by atoms with Crippen molar-refractivity contribution in [2.45, 2.75) is 28.7 Å². The number of aromatic nitrogens is 4. The summed E-state index contributed by atoms with van der Waals surface area (Å²) < 4.78 is 8.37. The molecule has 196 valence electrons. The van der Waals surface area contributed by atoms with Crippen molar-refractivity contribution >= 4 is 74.9 Å². The van der Waals surface area contributed by atoms with Gasteiger partial charge >= 0.3 is 5.97 Å². The van der Waals surface area contributed by atoms with Crippen LogP contribution in [-0.4, -0.2) is 38.9 Å². The molecule has 0 aliphatic carbocycles. The monoisotopic (exact) mass is 606 g/mol. The fourth-order valence-corrected chi connectivity index (χ4v) is 6.15. The topological polar surface area (TPSA) is 93.9 Å². The van der Waals surface area contributed by atoms with E-state index < -0.39 is 3.79 Å². The molecule has 0 aliphatic heterocycles. The molecule has 0 saturated heterocycles. The molecule has 1 unspecified atom stereocenters. The van der Waals surface area contributed by atoms with Crippen LogP contribution in [0.4, 0.5) is 0 Å². The maximum absolute atomic E-state index is 12.5. The molecular formula is C26H21Cl3N4O3S2. The summed E-state index contributed by atoms with van der Waals surface area (Å²) in [5.74, 6) is 0.730. The number of carbonyl (C=O) groups is 1. The van der Waals surface area contributed by atoms with Gasteiger partial charge in [-0.25, -0.2) is 9.78 Å². The van der Waals surface area contributed by atoms with E-state index in [4.69, 9.17) is 49.0 Å². The SMILES string of the molecule is CCSc1nc2c(C(C)c3ccc(-c4ccccc4-c4noc(C(Cl)(Cl)Cl)n4)cc3)sc(C(=O)OC)c2[nH]1. The van der Waals surface area contributed by atoms with Crippen LogP contribution in [0.1, 0.15) is 45.8 Å². The third-order valence-electron chi connectivity index (χ3n) is 5.96. The Hall–Kier alpha value is -2.56. The lowest BCUT2D eigenvalue weighted by Gasteiger charge is -2.12. The molecule has 0 radical (unpaired) electrons. The Morgan fingerprint density at radius 1 is 1.13 bits per heavy atom. The molecule has 1 atom stereocenters. The second-order valence-electron chi connectivity index (χ2n) is 8.30. The van der Waals surface area contributed by atoms with Gasteiger partial charge in [0, 0.05) is 16.4 Å². The predicted octanol–water partition coefficient (Wildman–Crippen LogP) is 8.22. The summed E-state index contributed by atoms with van der Waals surface area (Å²) in [6.07, 6.45) is 0. The van der Waals surface area contributed by atoms with Crippen LogP contribution >= 0.6 is 57.9 Å². The first-order valence-corrected chi connectivity index (χ1v) is 14.5. The van der Waals surface area contributed by atoms with E-state index in [1.807, 2.05) is 36.4 Å². The number of benzene rings is 2. The smallest absolute Gasteiger partial charge is 0.350 e. The molecule has 1 N–H and O–H groups in total. The number of nitrogens with one attached hydrogen (secondary N) is 1. The minimum Gasteiger partial charge on any atom is -0.465 e. The van der Waals surface area contributed by atoms with E-state index in [1.165, 1.54) is 18.4 Å². The summed E-state index contributed by atoms with van der Waals surface area (Å²) in [6, 6.07) is 15.9. The van der Waals surface area contributed by atoms with Crippen molar-refractivity contribution in [2.24, 2.45) is 0 Å². The molecule has 5 aromatic rings. The number of carbonyl (C=O) groups excluding carboxylic acids is 1. The van der Waals surface area contributed by atoms with Crippen molar-refractivity contribution in [3.05, 3.63) is 69.7 Å². The molecular weight excluding hydrogens is 587 g/mol. The lowest BCUT2D eigenvalue weighted by Crippen LogP contribution is -2.00. The van der Waals surface area contributed by atoms with Crippen LogP contribution in [0.15, 0.2) is 58.2 Å². The standard InChI is InChI=1S/C26H21Cl3N4O3S2/c1-4-37-25-30-18-19(31-25)21(23(34)35-3)38-20(18)13(2)14-9-11-15(12-10-14)16-7-5-6-8-17(16)22-32-24(36-33-22)26(27,28)29/h5-13H,4H2,1-3H3,(H,30,31). The minimum atomic E-state index is -1.80. The fraction of sp³-hybridized carbons (Fsp3) is 0.231. The zero-order valence-electron chi connectivity index (χ0n) is 20.4. The van der Waals surface area contributed by atoms with Gasteiger partial charge in [0.2, 0.25) is 5.82 Å². The number of hydrogen-bond donors (Lipinski definition) is 1. The fourth-order valence-electron chi connectivity index (χ4n) is 4.12. The Morgan fingerprint density at radius 2 is 1.84 bits per heavy atom. The molecule has 5 rings (SSSR count). The molecule has 3 heterocycles. The van der Waals surface area contributed by atoms with Gasteiger partial charge in [-0.3, -0.25) is 0 Å². The first-order chi connectivity index (χ1) is 18.2. The first-order valence-electron chi connectivity index (χ1n) is 11.5. The van der Waals surface area contributed by atoms with Crippen molar-refractivity contribution < 1.29 is 14.1 Å². The van der Waals surface area contributed by atoms with Crippen LogP contribution in [0.5, 0.6) is 0 Å². The maximum atomic E-state index is 12.5. The number of alkyl halides is 3. The molecule has 0 aliphatic rings. The van der Waals surface area contributed by atoms with Crippen LogP contribution in [0.3, 0.4) is 0 Å². The lowest BCUT2D eigenvalue weighted by atomic mass is 9.94. The second kappa shape index (κ2) is 10.9. The number of thiophene rings is 1. The number of H-pyrrole nitrogens is 1. The van der Waals surface area contributed by atoms with Gasteiger partial charge in [0.15, 0.2) is 5.16 Å². The summed E-state index contributed by atoms with van der Waals surface area (Å²) in [5, 5.41) is 4.79. The van der Waals surface area contributed by atoms with Crippen molar-refractivity contribution in [2.75, 3.05) is 12.9 Å². The Bertz CT molecular complexity index is 1610. The Kier molecular flexibility index (Phi) is 7.75. The predicted molar refractivity (Wildman–Crippen MR) is 154 cm³/mol. The number of hydrogen-bond acceptors (Lipinski definition) is 8. The number of halogens is 3. The number of thioether (sulfide) groups is 1. The number of nitrogens with zero attached hydrogens (tertiary/aromatic N) is 3. The largest absolute Gasteiger partial charge is 0.465 e. The van der Waals surface area contributed by atoms with Gasteiger partial charge in [0.05, 0.1) is 12.6 Å². The summed E-state index contributed by atoms with van der Waals surface area (Å²) in [4.78, 5) is 26.3. The molecule has 38 heavy (non-hydrogen) atoms. The van der Waals surface area contributed by atoms with E-state index in [0.717, 1.165) is 49.1 Å². The van der Waals surface area contributed by atoms with Gasteiger partial charge < -0.3 is 14.2 Å². The van der Waals surface area contributed by atoms with E-state index in [0.29, 0.717) is 10.7 Å². The zero-order chi connectivity index (χ0) is 27.0. The molecule has 3 aromatic heterocycles.